The van der Waals surface area contributed by atoms with Crippen LogP contribution in [0.5, 0.6) is 0 Å². The van der Waals surface area contributed by atoms with Crippen molar-refractivity contribution in [2.24, 2.45) is 5.41 Å². The van der Waals surface area contributed by atoms with Gasteiger partial charge in [-0.25, -0.2) is 12.7 Å². The van der Waals surface area contributed by atoms with Crippen molar-refractivity contribution in [3.63, 3.8) is 0 Å². The zero-order valence-electron chi connectivity index (χ0n) is 9.54. The van der Waals surface area contributed by atoms with Crippen LogP contribution in [0.4, 0.5) is 0 Å². The molecular formula is C11H21NO2S. The van der Waals surface area contributed by atoms with Crippen LogP contribution >= 0.6 is 0 Å². The van der Waals surface area contributed by atoms with E-state index < -0.39 is 10.0 Å². The molecule has 0 bridgehead atoms. The summed E-state index contributed by atoms with van der Waals surface area (Å²) in [7, 11) is -2.93. The second-order valence-electron chi connectivity index (χ2n) is 5.01. The summed E-state index contributed by atoms with van der Waals surface area (Å²) in [6.07, 6.45) is 7.53. The van der Waals surface area contributed by atoms with Crippen LogP contribution in [0.15, 0.2) is 0 Å². The van der Waals surface area contributed by atoms with Gasteiger partial charge >= 0.3 is 0 Å². The van der Waals surface area contributed by atoms with E-state index in [4.69, 9.17) is 0 Å². The fourth-order valence-electron chi connectivity index (χ4n) is 3.05. The van der Waals surface area contributed by atoms with Gasteiger partial charge in [0.15, 0.2) is 0 Å². The first-order valence-corrected chi connectivity index (χ1v) is 7.67. The zero-order valence-corrected chi connectivity index (χ0v) is 10.4. The molecule has 0 radical (unpaired) electrons. The standard InChI is InChI=1S/C11H21NO2S/c1-2-15(13,14)12-9-7-11(8-10-12)5-3-4-6-11/h2-10H2,1H3. The lowest BCUT2D eigenvalue weighted by molar-refractivity contribution is 0.160. The van der Waals surface area contributed by atoms with Crippen LogP contribution in [0.2, 0.25) is 0 Å². The summed E-state index contributed by atoms with van der Waals surface area (Å²) >= 11 is 0. The van der Waals surface area contributed by atoms with E-state index in [0.717, 1.165) is 25.9 Å². The van der Waals surface area contributed by atoms with Gasteiger partial charge < -0.3 is 0 Å². The van der Waals surface area contributed by atoms with E-state index >= 15 is 0 Å². The van der Waals surface area contributed by atoms with Gasteiger partial charge in [0.2, 0.25) is 10.0 Å². The summed E-state index contributed by atoms with van der Waals surface area (Å²) in [4.78, 5) is 0. The number of hydrogen-bond acceptors (Lipinski definition) is 2. The van der Waals surface area contributed by atoms with E-state index in [0.29, 0.717) is 5.41 Å². The highest BCUT2D eigenvalue weighted by atomic mass is 32.2. The van der Waals surface area contributed by atoms with Crippen molar-refractivity contribution in [1.82, 2.24) is 4.31 Å². The maximum absolute atomic E-state index is 11.7. The average molecular weight is 231 g/mol. The number of piperidine rings is 1. The average Bonchev–Trinajstić information content (AvgIpc) is 2.67. The quantitative estimate of drug-likeness (QED) is 0.729. The Labute approximate surface area is 92.9 Å². The molecule has 0 atom stereocenters. The Balaban J connectivity index is 1.97. The predicted molar refractivity (Wildman–Crippen MR) is 61.2 cm³/mol. The maximum atomic E-state index is 11.7. The van der Waals surface area contributed by atoms with Crippen LogP contribution in [0.25, 0.3) is 0 Å². The molecule has 0 aromatic rings. The second kappa shape index (κ2) is 4.06. The van der Waals surface area contributed by atoms with Crippen LogP contribution in [-0.4, -0.2) is 31.6 Å². The van der Waals surface area contributed by atoms with Gasteiger partial charge in [0.25, 0.3) is 0 Å². The van der Waals surface area contributed by atoms with Crippen LogP contribution in [-0.2, 0) is 10.0 Å². The molecular weight excluding hydrogens is 210 g/mol. The predicted octanol–water partition coefficient (Wildman–Crippen LogP) is 1.99. The second-order valence-corrected chi connectivity index (χ2v) is 7.26. The van der Waals surface area contributed by atoms with E-state index in [1.165, 1.54) is 25.7 Å². The number of nitrogens with zero attached hydrogens (tertiary/aromatic N) is 1. The Kier molecular flexibility index (Phi) is 3.08. The number of hydrogen-bond donors (Lipinski definition) is 0. The molecule has 15 heavy (non-hydrogen) atoms. The van der Waals surface area contributed by atoms with Crippen molar-refractivity contribution in [3.05, 3.63) is 0 Å². The molecule has 1 heterocycles. The van der Waals surface area contributed by atoms with Crippen molar-refractivity contribution in [2.45, 2.75) is 45.4 Å². The summed E-state index contributed by atoms with van der Waals surface area (Å²) in [5.74, 6) is 0.250. The maximum Gasteiger partial charge on any atom is 0.213 e. The highest BCUT2D eigenvalue weighted by Gasteiger charge is 2.39. The first kappa shape index (κ1) is 11.4. The van der Waals surface area contributed by atoms with Gasteiger partial charge in [-0.3, -0.25) is 0 Å². The number of sulfonamides is 1. The molecule has 0 unspecified atom stereocenters. The zero-order chi connectivity index (χ0) is 10.9. The highest BCUT2D eigenvalue weighted by molar-refractivity contribution is 7.89. The van der Waals surface area contributed by atoms with Crippen molar-refractivity contribution < 1.29 is 8.42 Å². The lowest BCUT2D eigenvalue weighted by atomic mass is 9.78. The normalized spacial score (nSPS) is 27.3. The minimum atomic E-state index is -2.93. The first-order valence-electron chi connectivity index (χ1n) is 6.06. The van der Waals surface area contributed by atoms with Gasteiger partial charge in [-0.1, -0.05) is 12.8 Å². The van der Waals surface area contributed by atoms with Crippen LogP contribution < -0.4 is 0 Å². The lowest BCUT2D eigenvalue weighted by Crippen LogP contribution is -2.42. The number of rotatable bonds is 2. The highest BCUT2D eigenvalue weighted by Crippen LogP contribution is 2.46. The molecule has 1 aliphatic heterocycles. The summed E-state index contributed by atoms with van der Waals surface area (Å²) in [6, 6.07) is 0. The van der Waals surface area contributed by atoms with Crippen LogP contribution in [0.1, 0.15) is 45.4 Å². The van der Waals surface area contributed by atoms with Crippen molar-refractivity contribution >= 4 is 10.0 Å². The monoisotopic (exact) mass is 231 g/mol. The van der Waals surface area contributed by atoms with E-state index in [-0.39, 0.29) is 5.75 Å². The molecule has 0 aromatic heterocycles. The smallest absolute Gasteiger partial charge is 0.212 e. The molecule has 1 aliphatic carbocycles. The van der Waals surface area contributed by atoms with Crippen LogP contribution in [0.3, 0.4) is 0 Å². The topological polar surface area (TPSA) is 37.4 Å². The molecule has 1 saturated heterocycles. The SMILES string of the molecule is CCS(=O)(=O)N1CCC2(CCCC2)CC1. The molecule has 4 heteroatoms. The molecule has 1 saturated carbocycles. The van der Waals surface area contributed by atoms with Gasteiger partial charge in [-0.2, -0.15) is 0 Å². The Morgan fingerprint density at radius 3 is 2.07 bits per heavy atom. The molecule has 0 amide bonds. The van der Waals surface area contributed by atoms with E-state index in [2.05, 4.69) is 0 Å². The van der Waals surface area contributed by atoms with Gasteiger partial charge in [0.1, 0.15) is 0 Å². The first-order chi connectivity index (χ1) is 7.08. The lowest BCUT2D eigenvalue weighted by Gasteiger charge is -2.38. The molecule has 2 fully saturated rings. The third-order valence-electron chi connectivity index (χ3n) is 4.21. The van der Waals surface area contributed by atoms with Crippen molar-refractivity contribution in [2.75, 3.05) is 18.8 Å². The summed E-state index contributed by atoms with van der Waals surface area (Å²) < 4.78 is 25.1. The fourth-order valence-corrected chi connectivity index (χ4v) is 4.15. The molecule has 1 spiro atoms. The Morgan fingerprint density at radius 1 is 1.07 bits per heavy atom. The molecule has 2 rings (SSSR count). The molecule has 2 aliphatic rings. The molecule has 88 valence electrons. The summed E-state index contributed by atoms with van der Waals surface area (Å²) in [5.41, 5.74) is 0.514. The van der Waals surface area contributed by atoms with Gasteiger partial charge in [-0.15, -0.1) is 0 Å². The summed E-state index contributed by atoms with van der Waals surface area (Å²) in [5, 5.41) is 0. The Bertz CT molecular complexity index is 307. The van der Waals surface area contributed by atoms with E-state index in [9.17, 15) is 8.42 Å². The minimum Gasteiger partial charge on any atom is -0.212 e. The van der Waals surface area contributed by atoms with Gasteiger partial charge in [-0.05, 0) is 38.0 Å². The Morgan fingerprint density at radius 2 is 1.60 bits per heavy atom. The van der Waals surface area contributed by atoms with Gasteiger partial charge in [0, 0.05) is 13.1 Å². The third-order valence-corrected chi connectivity index (χ3v) is 6.09. The largest absolute Gasteiger partial charge is 0.213 e. The van der Waals surface area contributed by atoms with E-state index in [1.54, 1.807) is 11.2 Å². The van der Waals surface area contributed by atoms with Crippen molar-refractivity contribution in [3.8, 4) is 0 Å². The van der Waals surface area contributed by atoms with Crippen molar-refractivity contribution in [1.29, 1.82) is 0 Å². The Hall–Kier alpha value is -0.0900. The summed E-state index contributed by atoms with van der Waals surface area (Å²) in [6.45, 7) is 3.25. The van der Waals surface area contributed by atoms with Gasteiger partial charge in [0.05, 0.1) is 5.75 Å². The molecule has 0 aromatic carbocycles. The van der Waals surface area contributed by atoms with E-state index in [1.807, 2.05) is 0 Å². The van der Waals surface area contributed by atoms with Crippen LogP contribution in [0, 0.1) is 5.41 Å². The third kappa shape index (κ3) is 2.21. The molecule has 3 nitrogen and oxygen atoms in total. The fraction of sp³-hybridized carbons (Fsp3) is 1.00. The molecule has 0 N–H and O–H groups in total. The minimum absolute atomic E-state index is 0.250.